The fourth-order valence-electron chi connectivity index (χ4n) is 1.89. The van der Waals surface area contributed by atoms with E-state index in [4.69, 9.17) is 10.5 Å². The van der Waals surface area contributed by atoms with Crippen molar-refractivity contribution in [2.45, 2.75) is 18.9 Å². The number of nitrogens with two attached hydrogens (primary N) is 1. The van der Waals surface area contributed by atoms with Crippen LogP contribution in [0.25, 0.3) is 0 Å². The van der Waals surface area contributed by atoms with Crippen LogP contribution < -0.4 is 5.73 Å². The number of aryl methyl sites for hydroxylation is 1. The molecule has 0 spiro atoms. The van der Waals surface area contributed by atoms with Crippen molar-refractivity contribution in [2.24, 2.45) is 5.73 Å². The summed E-state index contributed by atoms with van der Waals surface area (Å²) in [6, 6.07) is 9.84. The number of nitrogens with zero attached hydrogens (tertiary/aromatic N) is 2. The van der Waals surface area contributed by atoms with Gasteiger partial charge in [0.2, 0.25) is 0 Å². The van der Waals surface area contributed by atoms with Crippen LogP contribution in [0.4, 0.5) is 0 Å². The molecular weight excluding hydrogens is 238 g/mol. The van der Waals surface area contributed by atoms with E-state index in [2.05, 4.69) is 9.97 Å². The Bertz CT molecular complexity index is 461. The van der Waals surface area contributed by atoms with E-state index < -0.39 is 0 Å². The molecule has 1 atom stereocenters. The Morgan fingerprint density at radius 1 is 1.11 bits per heavy atom. The van der Waals surface area contributed by atoms with E-state index in [1.54, 1.807) is 6.20 Å². The number of hydrogen-bond acceptors (Lipinski definition) is 4. The Balaban J connectivity index is 1.75. The Labute approximate surface area is 113 Å². The summed E-state index contributed by atoms with van der Waals surface area (Å²) >= 11 is 0. The number of hydrogen-bond donors (Lipinski definition) is 1. The maximum absolute atomic E-state index is 5.80. The molecule has 100 valence electrons. The molecule has 0 bridgehead atoms. The fourth-order valence-corrected chi connectivity index (χ4v) is 1.89. The van der Waals surface area contributed by atoms with Gasteiger partial charge in [-0.15, -0.1) is 0 Å². The second-order valence-electron chi connectivity index (χ2n) is 4.31. The van der Waals surface area contributed by atoms with Gasteiger partial charge in [-0.3, -0.25) is 9.97 Å². The molecule has 0 radical (unpaired) electrons. The molecule has 0 fully saturated rings. The maximum atomic E-state index is 5.80. The van der Waals surface area contributed by atoms with Gasteiger partial charge < -0.3 is 10.5 Å². The molecule has 4 nitrogen and oxygen atoms in total. The predicted octanol–water partition coefficient (Wildman–Crippen LogP) is 2.13. The van der Waals surface area contributed by atoms with E-state index in [1.807, 2.05) is 42.7 Å². The average Bonchev–Trinajstić information content (AvgIpc) is 2.49. The molecule has 2 aromatic rings. The van der Waals surface area contributed by atoms with Crippen LogP contribution >= 0.6 is 0 Å². The first-order valence-corrected chi connectivity index (χ1v) is 6.51. The maximum Gasteiger partial charge on any atom is 0.112 e. The van der Waals surface area contributed by atoms with Gasteiger partial charge in [-0.2, -0.15) is 0 Å². The molecule has 0 aliphatic heterocycles. The zero-order valence-electron chi connectivity index (χ0n) is 10.9. The number of ether oxygens (including phenoxy) is 1. The van der Waals surface area contributed by atoms with Crippen molar-refractivity contribution in [2.75, 3.05) is 13.2 Å². The molecule has 19 heavy (non-hydrogen) atoms. The molecule has 2 heterocycles. The SMILES string of the molecule is NCC(OCCCc1ccncc1)c1ccccn1. The lowest BCUT2D eigenvalue weighted by molar-refractivity contribution is 0.0542. The molecular formula is C15H19N3O. The van der Waals surface area contributed by atoms with Gasteiger partial charge in [0, 0.05) is 31.7 Å². The van der Waals surface area contributed by atoms with Gasteiger partial charge in [-0.1, -0.05) is 6.07 Å². The van der Waals surface area contributed by atoms with E-state index >= 15 is 0 Å². The summed E-state index contributed by atoms with van der Waals surface area (Å²) in [5.41, 5.74) is 7.90. The van der Waals surface area contributed by atoms with Crippen LogP contribution in [0, 0.1) is 0 Å². The summed E-state index contributed by atoms with van der Waals surface area (Å²) in [5, 5.41) is 0. The average molecular weight is 257 g/mol. The lowest BCUT2D eigenvalue weighted by Crippen LogP contribution is -2.17. The smallest absolute Gasteiger partial charge is 0.112 e. The topological polar surface area (TPSA) is 61.0 Å². The van der Waals surface area contributed by atoms with Gasteiger partial charge >= 0.3 is 0 Å². The molecule has 0 saturated heterocycles. The van der Waals surface area contributed by atoms with Crippen LogP contribution in [0.15, 0.2) is 48.9 Å². The first-order chi connectivity index (χ1) is 9.40. The monoisotopic (exact) mass is 257 g/mol. The van der Waals surface area contributed by atoms with Crippen molar-refractivity contribution in [1.82, 2.24) is 9.97 Å². The Hall–Kier alpha value is -1.78. The summed E-state index contributed by atoms with van der Waals surface area (Å²) in [5.74, 6) is 0. The van der Waals surface area contributed by atoms with Crippen molar-refractivity contribution in [1.29, 1.82) is 0 Å². The standard InChI is InChI=1S/C15H19N3O/c16-12-15(14-5-1-2-8-18-14)19-11-3-4-13-6-9-17-10-7-13/h1-2,5-10,15H,3-4,11-12,16H2. The Morgan fingerprint density at radius 3 is 2.63 bits per heavy atom. The highest BCUT2D eigenvalue weighted by Gasteiger charge is 2.10. The minimum Gasteiger partial charge on any atom is -0.371 e. The fraction of sp³-hybridized carbons (Fsp3) is 0.333. The second-order valence-corrected chi connectivity index (χ2v) is 4.31. The lowest BCUT2D eigenvalue weighted by atomic mass is 10.1. The second kappa shape index (κ2) is 7.61. The summed E-state index contributed by atoms with van der Waals surface area (Å²) < 4.78 is 5.80. The molecule has 2 N–H and O–H groups in total. The molecule has 0 aromatic carbocycles. The van der Waals surface area contributed by atoms with Crippen molar-refractivity contribution < 1.29 is 4.74 Å². The molecule has 0 amide bonds. The van der Waals surface area contributed by atoms with Gasteiger partial charge in [-0.05, 0) is 42.7 Å². The van der Waals surface area contributed by atoms with Crippen LogP contribution in [0.5, 0.6) is 0 Å². The van der Waals surface area contributed by atoms with Crippen LogP contribution in [-0.4, -0.2) is 23.1 Å². The van der Waals surface area contributed by atoms with Gasteiger partial charge in [-0.25, -0.2) is 0 Å². The summed E-state index contributed by atoms with van der Waals surface area (Å²) in [7, 11) is 0. The predicted molar refractivity (Wildman–Crippen MR) is 74.5 cm³/mol. The molecule has 2 aromatic heterocycles. The molecule has 4 heteroatoms. The Morgan fingerprint density at radius 2 is 1.95 bits per heavy atom. The third kappa shape index (κ3) is 4.43. The minimum absolute atomic E-state index is 0.112. The molecule has 1 unspecified atom stereocenters. The zero-order valence-corrected chi connectivity index (χ0v) is 10.9. The van der Waals surface area contributed by atoms with Crippen molar-refractivity contribution in [3.8, 4) is 0 Å². The largest absolute Gasteiger partial charge is 0.371 e. The summed E-state index contributed by atoms with van der Waals surface area (Å²) in [4.78, 5) is 8.27. The molecule has 0 aliphatic rings. The highest BCUT2D eigenvalue weighted by Crippen LogP contribution is 2.13. The third-order valence-electron chi connectivity index (χ3n) is 2.91. The van der Waals surface area contributed by atoms with Crippen LogP contribution in [0.2, 0.25) is 0 Å². The first-order valence-electron chi connectivity index (χ1n) is 6.51. The highest BCUT2D eigenvalue weighted by molar-refractivity contribution is 5.09. The lowest BCUT2D eigenvalue weighted by Gasteiger charge is -2.15. The number of aromatic nitrogens is 2. The van der Waals surface area contributed by atoms with E-state index in [9.17, 15) is 0 Å². The van der Waals surface area contributed by atoms with Gasteiger partial charge in [0.05, 0.1) is 5.69 Å². The van der Waals surface area contributed by atoms with Crippen LogP contribution in [0.3, 0.4) is 0 Å². The van der Waals surface area contributed by atoms with E-state index in [1.165, 1.54) is 5.56 Å². The van der Waals surface area contributed by atoms with Crippen molar-refractivity contribution >= 4 is 0 Å². The zero-order chi connectivity index (χ0) is 13.3. The van der Waals surface area contributed by atoms with Crippen molar-refractivity contribution in [3.05, 3.63) is 60.2 Å². The normalized spacial score (nSPS) is 12.3. The van der Waals surface area contributed by atoms with Crippen LogP contribution in [0.1, 0.15) is 23.8 Å². The summed E-state index contributed by atoms with van der Waals surface area (Å²) in [6.45, 7) is 1.13. The van der Waals surface area contributed by atoms with E-state index in [-0.39, 0.29) is 6.10 Å². The minimum atomic E-state index is -0.112. The van der Waals surface area contributed by atoms with Crippen LogP contribution in [-0.2, 0) is 11.2 Å². The molecule has 0 aliphatic carbocycles. The van der Waals surface area contributed by atoms with Gasteiger partial charge in [0.15, 0.2) is 0 Å². The molecule has 0 saturated carbocycles. The molecule has 2 rings (SSSR count). The number of pyridine rings is 2. The highest BCUT2D eigenvalue weighted by atomic mass is 16.5. The summed E-state index contributed by atoms with van der Waals surface area (Å²) in [6.07, 6.45) is 7.23. The number of rotatable bonds is 7. The first kappa shape index (κ1) is 13.6. The van der Waals surface area contributed by atoms with Crippen molar-refractivity contribution in [3.63, 3.8) is 0 Å². The quantitative estimate of drug-likeness (QED) is 0.772. The van der Waals surface area contributed by atoms with E-state index in [0.29, 0.717) is 13.2 Å². The van der Waals surface area contributed by atoms with E-state index in [0.717, 1.165) is 18.5 Å². The third-order valence-corrected chi connectivity index (χ3v) is 2.91. The Kier molecular flexibility index (Phi) is 5.47. The van der Waals surface area contributed by atoms with Gasteiger partial charge in [0.25, 0.3) is 0 Å². The van der Waals surface area contributed by atoms with Gasteiger partial charge in [0.1, 0.15) is 6.10 Å².